The van der Waals surface area contributed by atoms with E-state index in [-0.39, 0.29) is 0 Å². The van der Waals surface area contributed by atoms with Crippen LogP contribution in [0.25, 0.3) is 0 Å². The molecule has 1 aromatic rings. The molecule has 0 bridgehead atoms. The van der Waals surface area contributed by atoms with Crippen molar-refractivity contribution >= 4 is 17.6 Å². The maximum atomic E-state index is 10.6. The molecule has 1 aromatic carbocycles. The highest BCUT2D eigenvalue weighted by molar-refractivity contribution is 6.32. The summed E-state index contributed by atoms with van der Waals surface area (Å²) < 4.78 is 0. The Morgan fingerprint density at radius 1 is 1.43 bits per heavy atom. The zero-order valence-electron chi connectivity index (χ0n) is 8.04. The molecule has 4 heteroatoms. The average Bonchev–Trinajstić information content (AvgIpc) is 2.12. The van der Waals surface area contributed by atoms with Crippen molar-refractivity contribution in [2.45, 2.75) is 19.9 Å². The van der Waals surface area contributed by atoms with Gasteiger partial charge in [-0.3, -0.25) is 4.79 Å². The average molecular weight is 214 g/mol. The van der Waals surface area contributed by atoms with Gasteiger partial charge in [-0.1, -0.05) is 23.7 Å². The zero-order chi connectivity index (χ0) is 10.9. The monoisotopic (exact) mass is 213 g/mol. The van der Waals surface area contributed by atoms with Crippen molar-refractivity contribution in [2.75, 3.05) is 0 Å². The Morgan fingerprint density at radius 2 is 1.86 bits per heavy atom. The predicted octanol–water partition coefficient (Wildman–Crippen LogP) is 2.04. The summed E-state index contributed by atoms with van der Waals surface area (Å²) >= 11 is 5.95. The van der Waals surface area contributed by atoms with Crippen molar-refractivity contribution in [3.05, 3.63) is 33.8 Å². The fourth-order valence-electron chi connectivity index (χ4n) is 1.30. The second-order valence-corrected chi connectivity index (χ2v) is 3.66. The van der Waals surface area contributed by atoms with Crippen LogP contribution in [0.2, 0.25) is 5.02 Å². The minimum atomic E-state index is -1.04. The van der Waals surface area contributed by atoms with Gasteiger partial charge in [0.1, 0.15) is 6.04 Å². The van der Waals surface area contributed by atoms with Gasteiger partial charge >= 0.3 is 5.97 Å². The van der Waals surface area contributed by atoms with Crippen LogP contribution in [0.4, 0.5) is 0 Å². The molecular weight excluding hydrogens is 202 g/mol. The van der Waals surface area contributed by atoms with E-state index in [1.807, 2.05) is 13.8 Å². The fraction of sp³-hybridized carbons (Fsp3) is 0.300. The highest BCUT2D eigenvalue weighted by Gasteiger charge is 2.15. The molecule has 0 unspecified atom stereocenters. The van der Waals surface area contributed by atoms with Gasteiger partial charge in [0.2, 0.25) is 0 Å². The van der Waals surface area contributed by atoms with E-state index in [0.29, 0.717) is 10.6 Å². The van der Waals surface area contributed by atoms with Crippen molar-refractivity contribution < 1.29 is 9.90 Å². The second-order valence-electron chi connectivity index (χ2n) is 3.28. The number of carbonyl (C=O) groups is 1. The Balaban J connectivity index is 3.19. The summed E-state index contributed by atoms with van der Waals surface area (Å²) in [4.78, 5) is 10.6. The maximum absolute atomic E-state index is 10.6. The molecule has 1 rings (SSSR count). The topological polar surface area (TPSA) is 63.3 Å². The van der Waals surface area contributed by atoms with E-state index in [2.05, 4.69) is 0 Å². The molecule has 0 aliphatic rings. The summed E-state index contributed by atoms with van der Waals surface area (Å²) in [5, 5.41) is 9.39. The van der Waals surface area contributed by atoms with Crippen molar-refractivity contribution in [3.8, 4) is 0 Å². The van der Waals surface area contributed by atoms with Gasteiger partial charge in [-0.2, -0.15) is 0 Å². The second kappa shape index (κ2) is 3.98. The molecule has 3 nitrogen and oxygen atoms in total. The fourth-order valence-corrected chi connectivity index (χ4v) is 1.41. The molecule has 0 fully saturated rings. The number of benzene rings is 1. The lowest BCUT2D eigenvalue weighted by Crippen LogP contribution is -2.20. The van der Waals surface area contributed by atoms with Gasteiger partial charge in [-0.05, 0) is 30.5 Å². The number of carboxylic acid groups (broad SMARTS) is 1. The lowest BCUT2D eigenvalue weighted by atomic mass is 10.0. The Morgan fingerprint density at radius 3 is 2.21 bits per heavy atom. The Labute approximate surface area is 87.5 Å². The summed E-state index contributed by atoms with van der Waals surface area (Å²) in [6.45, 7) is 3.65. The summed E-state index contributed by atoms with van der Waals surface area (Å²) in [5.74, 6) is -1.04. The number of aryl methyl sites for hydroxylation is 2. The lowest BCUT2D eigenvalue weighted by Gasteiger charge is -2.10. The summed E-state index contributed by atoms with van der Waals surface area (Å²) in [5.41, 5.74) is 7.75. The number of carboxylic acids is 1. The highest BCUT2D eigenvalue weighted by Crippen LogP contribution is 2.24. The first kappa shape index (κ1) is 11.0. The first-order valence-electron chi connectivity index (χ1n) is 4.18. The predicted molar refractivity (Wildman–Crippen MR) is 55.5 cm³/mol. The molecule has 3 N–H and O–H groups in total. The van der Waals surface area contributed by atoms with Crippen molar-refractivity contribution in [3.63, 3.8) is 0 Å². The first-order valence-corrected chi connectivity index (χ1v) is 4.56. The van der Waals surface area contributed by atoms with E-state index in [4.69, 9.17) is 22.4 Å². The van der Waals surface area contributed by atoms with Gasteiger partial charge in [0.15, 0.2) is 0 Å². The number of halogens is 1. The van der Waals surface area contributed by atoms with E-state index < -0.39 is 12.0 Å². The third-order valence-electron chi connectivity index (χ3n) is 2.08. The van der Waals surface area contributed by atoms with Crippen LogP contribution >= 0.6 is 11.6 Å². The third-order valence-corrected chi connectivity index (χ3v) is 2.68. The number of nitrogens with two attached hydrogens (primary N) is 1. The number of hydrogen-bond acceptors (Lipinski definition) is 2. The van der Waals surface area contributed by atoms with Crippen LogP contribution in [0.1, 0.15) is 22.7 Å². The molecule has 0 saturated heterocycles. The molecule has 0 aromatic heterocycles. The molecule has 0 radical (unpaired) electrons. The summed E-state index contributed by atoms with van der Waals surface area (Å²) in [7, 11) is 0. The summed E-state index contributed by atoms with van der Waals surface area (Å²) in [6, 6.07) is 2.42. The minimum absolute atomic E-state index is 0.580. The van der Waals surface area contributed by atoms with E-state index in [0.717, 1.165) is 11.1 Å². The largest absolute Gasteiger partial charge is 0.480 e. The first-order chi connectivity index (χ1) is 6.43. The summed E-state index contributed by atoms with van der Waals surface area (Å²) in [6.07, 6.45) is 0. The van der Waals surface area contributed by atoms with Crippen molar-refractivity contribution in [1.29, 1.82) is 0 Å². The molecule has 0 spiro atoms. The van der Waals surface area contributed by atoms with Gasteiger partial charge in [0.25, 0.3) is 0 Å². The molecule has 14 heavy (non-hydrogen) atoms. The van der Waals surface area contributed by atoms with Crippen LogP contribution in [0.15, 0.2) is 12.1 Å². The molecule has 1 atom stereocenters. The van der Waals surface area contributed by atoms with E-state index in [1.165, 1.54) is 0 Å². The van der Waals surface area contributed by atoms with Crippen molar-refractivity contribution in [1.82, 2.24) is 0 Å². The van der Waals surface area contributed by atoms with Crippen LogP contribution in [0.5, 0.6) is 0 Å². The van der Waals surface area contributed by atoms with Gasteiger partial charge < -0.3 is 10.8 Å². The standard InChI is InChI=1S/C10H12ClNO2/c1-5-3-7(9(12)10(13)14)4-6(2)8(5)11/h3-4,9H,12H2,1-2H3,(H,13,14)/t9-/m0/s1. The van der Waals surface area contributed by atoms with Gasteiger partial charge in [-0.15, -0.1) is 0 Å². The number of hydrogen-bond donors (Lipinski definition) is 2. The normalized spacial score (nSPS) is 12.6. The van der Waals surface area contributed by atoms with E-state index in [9.17, 15) is 4.79 Å². The van der Waals surface area contributed by atoms with Crippen LogP contribution < -0.4 is 5.73 Å². The number of aliphatic carboxylic acids is 1. The van der Waals surface area contributed by atoms with Crippen molar-refractivity contribution in [2.24, 2.45) is 5.73 Å². The number of rotatable bonds is 2. The minimum Gasteiger partial charge on any atom is -0.480 e. The van der Waals surface area contributed by atoms with Crippen LogP contribution in [-0.4, -0.2) is 11.1 Å². The molecule has 0 aliphatic heterocycles. The Kier molecular flexibility index (Phi) is 3.13. The maximum Gasteiger partial charge on any atom is 0.325 e. The van der Waals surface area contributed by atoms with Gasteiger partial charge in [0.05, 0.1) is 0 Å². The van der Waals surface area contributed by atoms with E-state index in [1.54, 1.807) is 12.1 Å². The highest BCUT2D eigenvalue weighted by atomic mass is 35.5. The van der Waals surface area contributed by atoms with Gasteiger partial charge in [0, 0.05) is 5.02 Å². The molecule has 0 heterocycles. The van der Waals surface area contributed by atoms with Crippen LogP contribution in [-0.2, 0) is 4.79 Å². The molecule has 0 saturated carbocycles. The Hall–Kier alpha value is -1.06. The molecule has 0 amide bonds. The third kappa shape index (κ3) is 2.05. The Bertz CT molecular complexity index is 353. The van der Waals surface area contributed by atoms with Gasteiger partial charge in [-0.25, -0.2) is 0 Å². The lowest BCUT2D eigenvalue weighted by molar-refractivity contribution is -0.138. The smallest absolute Gasteiger partial charge is 0.325 e. The van der Waals surface area contributed by atoms with E-state index >= 15 is 0 Å². The molecule has 0 aliphatic carbocycles. The molecular formula is C10H12ClNO2. The van der Waals surface area contributed by atoms with Crippen LogP contribution in [0.3, 0.4) is 0 Å². The quantitative estimate of drug-likeness (QED) is 0.790. The zero-order valence-corrected chi connectivity index (χ0v) is 8.80. The van der Waals surface area contributed by atoms with Crippen LogP contribution in [0, 0.1) is 13.8 Å². The molecule has 76 valence electrons. The SMILES string of the molecule is Cc1cc([C@H](N)C(=O)O)cc(C)c1Cl.